The van der Waals surface area contributed by atoms with E-state index in [1.165, 1.54) is 18.0 Å². The molecule has 0 fully saturated rings. The van der Waals surface area contributed by atoms with Gasteiger partial charge in [0.25, 0.3) is 0 Å². The minimum absolute atomic E-state index is 0.00419. The zero-order chi connectivity index (χ0) is 16.6. The first-order chi connectivity index (χ1) is 11.0. The highest BCUT2D eigenvalue weighted by atomic mass is 35.5. The summed E-state index contributed by atoms with van der Waals surface area (Å²) in [5.41, 5.74) is 5.52. The molecule has 1 unspecified atom stereocenters. The van der Waals surface area contributed by atoms with E-state index >= 15 is 0 Å². The molecule has 3 aromatic rings. The number of methoxy groups -OCH3 is 1. The van der Waals surface area contributed by atoms with E-state index in [4.69, 9.17) is 22.1 Å². The number of ether oxygens (including phenoxy) is 1. The van der Waals surface area contributed by atoms with E-state index in [1.807, 2.05) is 30.3 Å². The Morgan fingerprint density at radius 3 is 2.65 bits per heavy atom. The van der Waals surface area contributed by atoms with Gasteiger partial charge in [-0.05, 0) is 12.5 Å². The largest absolute Gasteiger partial charge is 0.467 e. The van der Waals surface area contributed by atoms with Crippen LogP contribution in [0, 0.1) is 0 Å². The molecule has 118 valence electrons. The van der Waals surface area contributed by atoms with Crippen molar-refractivity contribution in [3.63, 3.8) is 0 Å². The lowest BCUT2D eigenvalue weighted by Gasteiger charge is -2.28. The summed E-state index contributed by atoms with van der Waals surface area (Å²) in [4.78, 5) is 20.6. The second-order valence-corrected chi connectivity index (χ2v) is 5.45. The molecule has 2 aromatic heterocycles. The van der Waals surface area contributed by atoms with Crippen LogP contribution in [0.4, 0.5) is 5.95 Å². The van der Waals surface area contributed by atoms with Gasteiger partial charge in [-0.15, -0.1) is 0 Å². The van der Waals surface area contributed by atoms with E-state index in [0.29, 0.717) is 16.6 Å². The summed E-state index contributed by atoms with van der Waals surface area (Å²) in [5, 5.41) is 4.97. The van der Waals surface area contributed by atoms with Crippen LogP contribution in [0.15, 0.2) is 36.5 Å². The van der Waals surface area contributed by atoms with Crippen LogP contribution in [-0.4, -0.2) is 32.8 Å². The third kappa shape index (κ3) is 2.29. The monoisotopic (exact) mass is 331 g/mol. The Morgan fingerprint density at radius 2 is 2.00 bits per heavy atom. The average Bonchev–Trinajstić information content (AvgIpc) is 2.98. The number of nitrogens with two attached hydrogens (primary N) is 1. The molecule has 3 rings (SSSR count). The number of rotatable bonds is 3. The lowest BCUT2D eigenvalue weighted by atomic mass is 9.92. The first kappa shape index (κ1) is 15.2. The number of aromatic nitrogens is 4. The molecule has 7 nitrogen and oxygen atoms in total. The summed E-state index contributed by atoms with van der Waals surface area (Å²) in [6.07, 6.45) is 1.50. The first-order valence-corrected chi connectivity index (χ1v) is 7.17. The predicted octanol–water partition coefficient (Wildman–Crippen LogP) is 2.00. The van der Waals surface area contributed by atoms with Crippen molar-refractivity contribution in [2.24, 2.45) is 0 Å². The van der Waals surface area contributed by atoms with Crippen LogP contribution in [0.1, 0.15) is 12.5 Å². The van der Waals surface area contributed by atoms with Crippen LogP contribution in [0.5, 0.6) is 0 Å². The summed E-state index contributed by atoms with van der Waals surface area (Å²) >= 11 is 6.08. The maximum atomic E-state index is 12.6. The molecule has 0 amide bonds. The van der Waals surface area contributed by atoms with Gasteiger partial charge >= 0.3 is 5.97 Å². The third-order valence-electron chi connectivity index (χ3n) is 3.74. The van der Waals surface area contributed by atoms with Gasteiger partial charge in [0.2, 0.25) is 5.95 Å². The summed E-state index contributed by atoms with van der Waals surface area (Å²) in [7, 11) is 1.32. The minimum atomic E-state index is -1.22. The molecule has 1 aromatic carbocycles. The fourth-order valence-electron chi connectivity index (χ4n) is 2.50. The number of benzene rings is 1. The molecule has 2 N–H and O–H groups in total. The molecule has 8 heteroatoms. The SMILES string of the molecule is COC(=O)C(C)(c1ccccc1)n1ncc2c(Cl)nc(N)nc21. The highest BCUT2D eigenvalue weighted by Crippen LogP contribution is 2.31. The molecular formula is C15H14ClN5O2. The van der Waals surface area contributed by atoms with E-state index in [0.717, 1.165) is 0 Å². The smallest absolute Gasteiger partial charge is 0.338 e. The lowest BCUT2D eigenvalue weighted by molar-refractivity contribution is -0.148. The van der Waals surface area contributed by atoms with Gasteiger partial charge in [-0.1, -0.05) is 41.9 Å². The zero-order valence-electron chi connectivity index (χ0n) is 12.5. The zero-order valence-corrected chi connectivity index (χ0v) is 13.3. The molecular weight excluding hydrogens is 318 g/mol. The number of esters is 1. The Hall–Kier alpha value is -2.67. The summed E-state index contributed by atoms with van der Waals surface area (Å²) < 4.78 is 6.45. The Bertz CT molecular complexity index is 880. The van der Waals surface area contributed by atoms with Crippen molar-refractivity contribution >= 4 is 34.6 Å². The number of nitrogens with zero attached hydrogens (tertiary/aromatic N) is 4. The molecule has 0 bridgehead atoms. The summed E-state index contributed by atoms with van der Waals surface area (Å²) in [6.45, 7) is 1.70. The van der Waals surface area contributed by atoms with Crippen molar-refractivity contribution in [3.8, 4) is 0 Å². The first-order valence-electron chi connectivity index (χ1n) is 6.79. The van der Waals surface area contributed by atoms with Gasteiger partial charge in [0, 0.05) is 0 Å². The summed E-state index contributed by atoms with van der Waals surface area (Å²) in [6, 6.07) is 9.16. The number of halogens is 1. The highest BCUT2D eigenvalue weighted by Gasteiger charge is 2.41. The average molecular weight is 332 g/mol. The maximum absolute atomic E-state index is 12.6. The van der Waals surface area contributed by atoms with E-state index in [-0.39, 0.29) is 11.1 Å². The number of carbonyl (C=O) groups excluding carboxylic acids is 1. The van der Waals surface area contributed by atoms with E-state index in [9.17, 15) is 4.79 Å². The van der Waals surface area contributed by atoms with E-state index in [2.05, 4.69) is 15.1 Å². The Balaban J connectivity index is 2.33. The number of anilines is 1. The maximum Gasteiger partial charge on any atom is 0.338 e. The van der Waals surface area contributed by atoms with Gasteiger partial charge < -0.3 is 10.5 Å². The molecule has 0 saturated carbocycles. The number of carbonyl (C=O) groups is 1. The van der Waals surface area contributed by atoms with Crippen LogP contribution in [-0.2, 0) is 15.1 Å². The van der Waals surface area contributed by atoms with Crippen LogP contribution >= 0.6 is 11.6 Å². The van der Waals surface area contributed by atoms with Gasteiger partial charge in [0.15, 0.2) is 11.2 Å². The normalized spacial score (nSPS) is 13.7. The third-order valence-corrected chi connectivity index (χ3v) is 4.03. The highest BCUT2D eigenvalue weighted by molar-refractivity contribution is 6.34. The van der Waals surface area contributed by atoms with Crippen LogP contribution in [0.3, 0.4) is 0 Å². The fraction of sp³-hybridized carbons (Fsp3) is 0.200. The molecule has 1 atom stereocenters. The van der Waals surface area contributed by atoms with Crippen molar-refractivity contribution < 1.29 is 9.53 Å². The van der Waals surface area contributed by atoms with Crippen molar-refractivity contribution in [2.75, 3.05) is 12.8 Å². The van der Waals surface area contributed by atoms with Crippen molar-refractivity contribution in [2.45, 2.75) is 12.5 Å². The van der Waals surface area contributed by atoms with E-state index in [1.54, 1.807) is 6.92 Å². The second kappa shape index (κ2) is 5.51. The van der Waals surface area contributed by atoms with Gasteiger partial charge in [0.05, 0.1) is 18.7 Å². The molecule has 0 saturated heterocycles. The Labute approximate surface area is 137 Å². The van der Waals surface area contributed by atoms with Gasteiger partial charge in [0.1, 0.15) is 5.15 Å². The standard InChI is InChI=1S/C15H14ClN5O2/c1-15(13(22)23-2,9-6-4-3-5-7-9)21-12-10(8-18-21)11(16)19-14(17)20-12/h3-8H,1-2H3,(H2,17,19,20). The van der Waals surface area contributed by atoms with Gasteiger partial charge in [-0.2, -0.15) is 10.1 Å². The number of hydrogen-bond donors (Lipinski definition) is 1. The van der Waals surface area contributed by atoms with Gasteiger partial charge in [-0.25, -0.2) is 14.5 Å². The topological polar surface area (TPSA) is 95.9 Å². The summed E-state index contributed by atoms with van der Waals surface area (Å²) in [5.74, 6) is -0.480. The quantitative estimate of drug-likeness (QED) is 0.582. The molecule has 2 heterocycles. The van der Waals surface area contributed by atoms with Crippen LogP contribution < -0.4 is 5.73 Å². The lowest BCUT2D eigenvalue weighted by Crippen LogP contribution is -2.42. The number of nitrogen functional groups attached to an aromatic ring is 1. The predicted molar refractivity (Wildman–Crippen MR) is 86.0 cm³/mol. The molecule has 0 aliphatic rings. The number of hydrogen-bond acceptors (Lipinski definition) is 6. The minimum Gasteiger partial charge on any atom is -0.467 e. The molecule has 0 spiro atoms. The van der Waals surface area contributed by atoms with Crippen molar-refractivity contribution in [3.05, 3.63) is 47.2 Å². The Kier molecular flexibility index (Phi) is 3.65. The fourth-order valence-corrected chi connectivity index (χ4v) is 2.72. The Morgan fingerprint density at radius 1 is 1.30 bits per heavy atom. The van der Waals surface area contributed by atoms with E-state index < -0.39 is 11.5 Å². The van der Waals surface area contributed by atoms with Crippen molar-refractivity contribution in [1.82, 2.24) is 19.7 Å². The molecule has 0 aliphatic heterocycles. The molecule has 0 radical (unpaired) electrons. The van der Waals surface area contributed by atoms with Crippen LogP contribution in [0.25, 0.3) is 11.0 Å². The molecule has 23 heavy (non-hydrogen) atoms. The second-order valence-electron chi connectivity index (χ2n) is 5.10. The van der Waals surface area contributed by atoms with Gasteiger partial charge in [-0.3, -0.25) is 0 Å². The van der Waals surface area contributed by atoms with Crippen molar-refractivity contribution in [1.29, 1.82) is 0 Å². The molecule has 0 aliphatic carbocycles. The van der Waals surface area contributed by atoms with Crippen LogP contribution in [0.2, 0.25) is 5.15 Å². The number of fused-ring (bicyclic) bond motifs is 1.